The Morgan fingerprint density at radius 3 is 0.562 bits per heavy atom. The van der Waals surface area contributed by atoms with Crippen LogP contribution in [0.1, 0.15) is 22.3 Å². The van der Waals surface area contributed by atoms with E-state index in [0.717, 1.165) is 20.9 Å². The van der Waals surface area contributed by atoms with E-state index in [2.05, 4.69) is 44.2 Å². The Morgan fingerprint density at radius 1 is 0.231 bits per heavy atom. The van der Waals surface area contributed by atoms with Gasteiger partial charge in [-0.2, -0.15) is 9.15 Å². The third-order valence-corrected chi connectivity index (χ3v) is 17.7. The minimum atomic E-state index is -0.104. The van der Waals surface area contributed by atoms with Gasteiger partial charge in [-0.3, -0.25) is 9.98 Å². The van der Waals surface area contributed by atoms with Crippen LogP contribution in [0.5, 0.6) is 11.5 Å². The molecule has 2 aliphatic heterocycles. The molecule has 0 amide bonds. The zero-order valence-corrected chi connectivity index (χ0v) is 77.8. The number of methoxy groups -OCH3 is 2. The van der Waals surface area contributed by atoms with Gasteiger partial charge in [-0.1, -0.05) is 24.3 Å². The quantitative estimate of drug-likeness (QED) is 0.0455. The summed E-state index contributed by atoms with van der Waals surface area (Å²) in [6.07, 6.45) is 15.6. The molecule has 2 aromatic carbocycles. The Hall–Kier alpha value is -5.16. The number of quaternary nitrogens is 2. The summed E-state index contributed by atoms with van der Waals surface area (Å²) in [6.45, 7) is 34.0. The minimum Gasteiger partial charge on any atom is -0.872 e. The fourth-order valence-corrected chi connectivity index (χ4v) is 11.0. The summed E-state index contributed by atoms with van der Waals surface area (Å²) in [6, 6.07) is 10.6. The molecule has 0 saturated carbocycles. The number of aliphatic imine (C=N–C) groups is 2. The maximum absolute atomic E-state index is 12.8. The zero-order valence-electron chi connectivity index (χ0n) is 77.8. The number of rotatable bonds is 105. The average Bonchev–Trinajstić information content (AvgIpc) is 1.53. The first kappa shape index (κ1) is 117. The van der Waals surface area contributed by atoms with Crippen molar-refractivity contribution in [3.63, 3.8) is 0 Å². The van der Waals surface area contributed by atoms with Crippen molar-refractivity contribution in [2.75, 3.05) is 450 Å². The van der Waals surface area contributed by atoms with E-state index in [1.54, 1.807) is 38.8 Å². The normalized spacial score (nSPS) is 14.0. The van der Waals surface area contributed by atoms with Crippen molar-refractivity contribution < 1.29 is 181 Å². The lowest BCUT2D eigenvalue weighted by Crippen LogP contribution is -3.04. The second-order valence-electron chi connectivity index (χ2n) is 28.0. The predicted octanol–water partition coefficient (Wildman–Crippen LogP) is -1.02. The minimum absolute atomic E-state index is 0.104. The molecule has 2 unspecified atom stereocenters. The summed E-state index contributed by atoms with van der Waals surface area (Å²) in [4.78, 5) is 11.2. The molecule has 40 nitrogen and oxygen atoms in total. The van der Waals surface area contributed by atoms with E-state index in [0.29, 0.717) is 460 Å². The lowest BCUT2D eigenvalue weighted by atomic mass is 10.1. The van der Waals surface area contributed by atoms with Crippen LogP contribution >= 0.6 is 0 Å². The highest BCUT2D eigenvalue weighted by molar-refractivity contribution is 5.84. The van der Waals surface area contributed by atoms with Gasteiger partial charge in [0, 0.05) is 37.8 Å². The molecule has 2 heterocycles. The van der Waals surface area contributed by atoms with Gasteiger partial charge in [-0.05, 0) is 23.3 Å². The van der Waals surface area contributed by atoms with Crippen LogP contribution in [-0.2, 0) is 165 Å². The first-order valence-corrected chi connectivity index (χ1v) is 45.7. The van der Waals surface area contributed by atoms with E-state index >= 15 is 0 Å². The Balaban J connectivity index is 0.815. The summed E-state index contributed by atoms with van der Waals surface area (Å²) in [5, 5.41) is 25.5. The molecule has 2 aromatic rings. The van der Waals surface area contributed by atoms with Crippen molar-refractivity contribution in [2.24, 2.45) is 9.98 Å². The number of ether oxygens (including phenoxy) is 32. The van der Waals surface area contributed by atoms with Gasteiger partial charge < -0.3 is 162 Å². The number of hydrogen-bond donors (Lipinski definition) is 2. The molecule has 4 rings (SSSR count). The molecule has 0 bridgehead atoms. The largest absolute Gasteiger partial charge is 0.872 e. The highest BCUT2D eigenvalue weighted by Crippen LogP contribution is 2.15. The Labute approximate surface area is 770 Å². The highest BCUT2D eigenvalue weighted by Gasteiger charge is 2.21. The summed E-state index contributed by atoms with van der Waals surface area (Å²) in [5.74, 6) is -0.208. The van der Waals surface area contributed by atoms with Gasteiger partial charge in [0.1, 0.15) is 26.3 Å². The summed E-state index contributed by atoms with van der Waals surface area (Å²) < 4.78 is 180. The van der Waals surface area contributed by atoms with Crippen LogP contribution in [0.3, 0.4) is 0 Å². The van der Waals surface area contributed by atoms with Crippen molar-refractivity contribution in [2.45, 2.75) is 13.1 Å². The van der Waals surface area contributed by atoms with E-state index in [1.807, 2.05) is 36.7 Å². The molecule has 130 heavy (non-hydrogen) atoms. The number of benzene rings is 2. The van der Waals surface area contributed by atoms with Crippen LogP contribution in [0.25, 0.3) is 0 Å². The standard InChI is InChI=1S/C90H156N6O34/c1-99-17-19-103-25-27-107-33-35-111-41-43-115-49-51-119-57-59-123-65-67-127-73-75-129-71-69-125-63-61-121-55-53-117-47-45-113-39-37-109-31-29-105-23-21-101-15-13-93-9-11-95(83-93)81-85-3-5-89(97)87(77-85)79-91-7-8-92-80-88-78-86(4-6-90(88)98)82-96-12-10-94(84-96)14-16-102-22-24-106-30-32-110-38-40-114-46-48-118-54-56-122-62-64-126-70-72-130-76-74-128-68-66-124-60-58-120-52-50-116-44-42-112-36-34-108-28-26-104-20-18-100-2/h3-6,9-12,77-80,83-84H,7-8,13-76,81-82H2,1-2H3/p+2. The lowest BCUT2D eigenvalue weighted by Gasteiger charge is -2.12. The number of hydrogen-bond acceptors (Lipinski definition) is 36. The molecule has 2 aliphatic rings. The molecule has 0 radical (unpaired) electrons. The Kier molecular flexibility index (Phi) is 84.9. The average molecular weight is 1870 g/mol. The maximum atomic E-state index is 12.8. The van der Waals surface area contributed by atoms with Gasteiger partial charge in [0.15, 0.2) is 25.5 Å². The molecular formula is C90H158N6O34+2. The first-order chi connectivity index (χ1) is 64.5. The van der Waals surface area contributed by atoms with E-state index in [-0.39, 0.29) is 11.5 Å². The smallest absolute Gasteiger partial charge is 0.335 e. The van der Waals surface area contributed by atoms with Crippen LogP contribution < -0.4 is 20.0 Å². The molecule has 0 saturated heterocycles. The first-order valence-electron chi connectivity index (χ1n) is 45.7. The van der Waals surface area contributed by atoms with E-state index in [1.165, 1.54) is 0 Å². The van der Waals surface area contributed by atoms with Crippen molar-refractivity contribution in [1.82, 2.24) is 0 Å². The lowest BCUT2D eigenvalue weighted by molar-refractivity contribution is -0.765. The molecule has 0 fully saturated rings. The Morgan fingerprint density at radius 2 is 0.392 bits per heavy atom. The second-order valence-corrected chi connectivity index (χ2v) is 28.0. The number of nitrogens with zero attached hydrogens (tertiary/aromatic N) is 4. The van der Waals surface area contributed by atoms with Crippen LogP contribution in [-0.4, -0.2) is 484 Å². The third kappa shape index (κ3) is 77.1. The predicted molar refractivity (Wildman–Crippen MR) is 475 cm³/mol. The number of nitrogens with one attached hydrogen (secondary N) is 2. The van der Waals surface area contributed by atoms with E-state index in [4.69, 9.17) is 152 Å². The molecule has 0 aliphatic carbocycles. The van der Waals surface area contributed by atoms with Crippen molar-refractivity contribution >= 4 is 25.1 Å². The van der Waals surface area contributed by atoms with Gasteiger partial charge in [0.05, 0.1) is 410 Å². The zero-order chi connectivity index (χ0) is 91.8. The van der Waals surface area contributed by atoms with Crippen LogP contribution in [0.4, 0.5) is 0 Å². The summed E-state index contributed by atoms with van der Waals surface area (Å²) in [7, 11) is 3.28. The SMILES string of the molecule is COCCOCCOCCOCCOCCOCCOCCOCCOCCOCCOCCOCCOCCOCCOCCOCC[N+]1=C[NH+](Cc2ccc([O-])c(C=NCCN=Cc3cc(C[NH+]4C=C[N+](CCOCCOCCOCCOCCOCCOCCOCCOCCOCCOCCOCCOCCOCCOCCOCCOC)=C4)ccc3[O-])c2)C=C1. The van der Waals surface area contributed by atoms with E-state index in [9.17, 15) is 10.2 Å². The molecule has 0 spiro atoms. The van der Waals surface area contributed by atoms with Gasteiger partial charge in [-0.25, -0.2) is 9.80 Å². The summed E-state index contributed by atoms with van der Waals surface area (Å²) >= 11 is 0. The van der Waals surface area contributed by atoms with Crippen molar-refractivity contribution in [3.05, 3.63) is 83.5 Å². The van der Waals surface area contributed by atoms with Gasteiger partial charge in [0.2, 0.25) is 12.4 Å². The highest BCUT2D eigenvalue weighted by atomic mass is 16.6. The van der Waals surface area contributed by atoms with Crippen LogP contribution in [0.2, 0.25) is 0 Å². The molecule has 40 heteroatoms. The van der Waals surface area contributed by atoms with Crippen LogP contribution in [0, 0.1) is 0 Å². The van der Waals surface area contributed by atoms with Crippen molar-refractivity contribution in [1.29, 1.82) is 0 Å². The van der Waals surface area contributed by atoms with Gasteiger partial charge in [0.25, 0.3) is 0 Å². The van der Waals surface area contributed by atoms with Gasteiger partial charge in [-0.15, -0.1) is 11.5 Å². The van der Waals surface area contributed by atoms with Gasteiger partial charge >= 0.3 is 12.7 Å². The molecule has 2 atom stereocenters. The van der Waals surface area contributed by atoms with E-state index < -0.39 is 0 Å². The molecule has 2 N–H and O–H groups in total. The monoisotopic (exact) mass is 1870 g/mol. The molecular weight excluding hydrogens is 1710 g/mol. The van der Waals surface area contributed by atoms with Crippen LogP contribution in [0.15, 0.2) is 71.2 Å². The fourth-order valence-electron chi connectivity index (χ4n) is 11.0. The fraction of sp³-hybridized carbons (Fsp3) is 0.778. The third-order valence-electron chi connectivity index (χ3n) is 17.7. The molecule has 0 aromatic heterocycles. The Bertz CT molecular complexity index is 2790. The maximum Gasteiger partial charge on any atom is 0.335 e. The topological polar surface area (TPSA) is 381 Å². The van der Waals surface area contributed by atoms with Crippen molar-refractivity contribution in [3.8, 4) is 11.5 Å². The second kappa shape index (κ2) is 94.2. The summed E-state index contributed by atoms with van der Waals surface area (Å²) in [5.41, 5.74) is 3.03. The molecule has 750 valence electrons.